The molecule has 0 aromatic carbocycles. The van der Waals surface area contributed by atoms with Gasteiger partial charge in [0.2, 0.25) is 0 Å². The molecule has 1 heterocycles. The second-order valence-electron chi connectivity index (χ2n) is 4.86. The summed E-state index contributed by atoms with van der Waals surface area (Å²) in [5.74, 6) is 0. The highest BCUT2D eigenvalue weighted by molar-refractivity contribution is 5.13. The minimum atomic E-state index is 0.439. The summed E-state index contributed by atoms with van der Waals surface area (Å²) >= 11 is 0. The lowest BCUT2D eigenvalue weighted by Crippen LogP contribution is -2.29. The highest BCUT2D eigenvalue weighted by Gasteiger charge is 2.40. The molecule has 1 aliphatic carbocycles. The van der Waals surface area contributed by atoms with Gasteiger partial charge in [0.25, 0.3) is 0 Å². The highest BCUT2D eigenvalue weighted by atomic mass is 15.1. The van der Waals surface area contributed by atoms with Crippen LogP contribution < -0.4 is 0 Å². The van der Waals surface area contributed by atoms with Crippen LogP contribution in [0.5, 0.6) is 0 Å². The summed E-state index contributed by atoms with van der Waals surface area (Å²) in [4.78, 5) is 2.48. The van der Waals surface area contributed by atoms with Gasteiger partial charge in [0.05, 0.1) is 0 Å². The van der Waals surface area contributed by atoms with E-state index in [1.54, 1.807) is 0 Å². The lowest BCUT2D eigenvalue weighted by molar-refractivity contribution is 0.270. The number of allylic oxidation sites excluding steroid dienone is 2. The molecule has 0 spiro atoms. The molecular formula is C13H21N. The summed E-state index contributed by atoms with van der Waals surface area (Å²) in [7, 11) is 0. The van der Waals surface area contributed by atoms with Crippen molar-refractivity contribution >= 4 is 0 Å². The normalized spacial score (nSPS) is 24.4. The van der Waals surface area contributed by atoms with Gasteiger partial charge in [0.15, 0.2) is 0 Å². The van der Waals surface area contributed by atoms with E-state index in [1.807, 2.05) is 0 Å². The Morgan fingerprint density at radius 3 is 2.36 bits per heavy atom. The Hall–Kier alpha value is -0.720. The monoisotopic (exact) mass is 191 g/mol. The first-order chi connectivity index (χ1) is 6.76. The summed E-state index contributed by atoms with van der Waals surface area (Å²) in [5.41, 5.74) is 1.79. The van der Waals surface area contributed by atoms with Gasteiger partial charge in [-0.05, 0) is 43.9 Å². The van der Waals surface area contributed by atoms with E-state index < -0.39 is 0 Å². The second kappa shape index (κ2) is 3.80. The molecule has 1 heteroatoms. The van der Waals surface area contributed by atoms with E-state index in [1.165, 1.54) is 50.9 Å². The van der Waals surface area contributed by atoms with E-state index in [4.69, 9.17) is 0 Å². The molecule has 2 fully saturated rings. The summed E-state index contributed by atoms with van der Waals surface area (Å²) < 4.78 is 0. The molecule has 2 aliphatic rings. The van der Waals surface area contributed by atoms with Gasteiger partial charge in [-0.25, -0.2) is 0 Å². The van der Waals surface area contributed by atoms with Gasteiger partial charge in [-0.3, -0.25) is 0 Å². The largest absolute Gasteiger partial charge is 0.375 e. The fourth-order valence-corrected chi connectivity index (χ4v) is 2.34. The van der Waals surface area contributed by atoms with Crippen LogP contribution in [0.4, 0.5) is 0 Å². The van der Waals surface area contributed by atoms with Crippen LogP contribution in [0.1, 0.15) is 38.5 Å². The quantitative estimate of drug-likeness (QED) is 0.616. The van der Waals surface area contributed by atoms with Crippen molar-refractivity contribution in [3.8, 4) is 0 Å². The van der Waals surface area contributed by atoms with E-state index in [2.05, 4.69) is 24.1 Å². The summed E-state index contributed by atoms with van der Waals surface area (Å²) in [6, 6.07) is 0. The van der Waals surface area contributed by atoms with Crippen LogP contribution in [0, 0.1) is 5.41 Å². The number of hydrogen-bond donors (Lipinski definition) is 0. The Morgan fingerprint density at radius 1 is 1.21 bits per heavy atom. The lowest BCUT2D eigenvalue weighted by atomic mass is 9.99. The van der Waals surface area contributed by atoms with Crippen LogP contribution in [-0.2, 0) is 0 Å². The van der Waals surface area contributed by atoms with Gasteiger partial charge in [-0.2, -0.15) is 0 Å². The van der Waals surface area contributed by atoms with Crippen LogP contribution in [0.15, 0.2) is 24.9 Å². The van der Waals surface area contributed by atoms with Crippen molar-refractivity contribution in [2.24, 2.45) is 5.41 Å². The fourth-order valence-electron chi connectivity index (χ4n) is 2.34. The smallest absolute Gasteiger partial charge is 0.0174 e. The predicted molar refractivity (Wildman–Crippen MR) is 61.0 cm³/mol. The minimum absolute atomic E-state index is 0.439. The van der Waals surface area contributed by atoms with E-state index in [0.29, 0.717) is 5.41 Å². The zero-order valence-corrected chi connectivity index (χ0v) is 9.10. The molecule has 2 rings (SSSR count). The molecule has 0 unspecified atom stereocenters. The lowest BCUT2D eigenvalue weighted by Gasteiger charge is -2.31. The van der Waals surface area contributed by atoms with E-state index >= 15 is 0 Å². The van der Waals surface area contributed by atoms with Crippen molar-refractivity contribution in [2.75, 3.05) is 13.1 Å². The number of piperidine rings is 1. The molecule has 1 saturated heterocycles. The highest BCUT2D eigenvalue weighted by Crippen LogP contribution is 2.51. The first-order valence-corrected chi connectivity index (χ1v) is 5.82. The van der Waals surface area contributed by atoms with Crippen molar-refractivity contribution in [3.05, 3.63) is 24.9 Å². The third-order valence-electron chi connectivity index (χ3n) is 3.68. The molecule has 0 radical (unpaired) electrons. The first-order valence-electron chi connectivity index (χ1n) is 5.82. The van der Waals surface area contributed by atoms with Crippen molar-refractivity contribution in [3.63, 3.8) is 0 Å². The summed E-state index contributed by atoms with van der Waals surface area (Å²) in [6.45, 7) is 10.6. The van der Waals surface area contributed by atoms with Crippen molar-refractivity contribution < 1.29 is 0 Å². The van der Waals surface area contributed by atoms with Gasteiger partial charge in [0, 0.05) is 18.8 Å². The summed E-state index contributed by atoms with van der Waals surface area (Å²) in [5, 5.41) is 0. The first kappa shape index (κ1) is 9.82. The molecule has 0 bridgehead atoms. The van der Waals surface area contributed by atoms with Crippen LogP contribution >= 0.6 is 0 Å². The van der Waals surface area contributed by atoms with E-state index in [0.717, 1.165) is 6.42 Å². The molecule has 0 atom stereocenters. The maximum atomic E-state index is 4.23. The Morgan fingerprint density at radius 2 is 1.86 bits per heavy atom. The van der Waals surface area contributed by atoms with Gasteiger partial charge in [-0.15, -0.1) is 6.58 Å². The molecule has 0 aromatic heterocycles. The van der Waals surface area contributed by atoms with Crippen LogP contribution in [0.3, 0.4) is 0 Å². The van der Waals surface area contributed by atoms with Gasteiger partial charge in [0.1, 0.15) is 0 Å². The number of likely N-dealkylation sites (tertiary alicyclic amines) is 1. The Labute approximate surface area is 87.5 Å². The van der Waals surface area contributed by atoms with Gasteiger partial charge >= 0.3 is 0 Å². The fraction of sp³-hybridized carbons (Fsp3) is 0.692. The number of nitrogens with zero attached hydrogens (tertiary/aromatic N) is 1. The zero-order chi connectivity index (χ0) is 10.0. The number of rotatable bonds is 4. The Bertz CT molecular complexity index is 232. The minimum Gasteiger partial charge on any atom is -0.375 e. The Balaban J connectivity index is 1.85. The number of hydrogen-bond acceptors (Lipinski definition) is 1. The Kier molecular flexibility index (Phi) is 2.66. The average Bonchev–Trinajstić information content (AvgIpc) is 3.00. The topological polar surface area (TPSA) is 3.24 Å². The maximum absolute atomic E-state index is 4.23. The third kappa shape index (κ3) is 2.02. The standard InChI is InChI=1S/C13H21N/c1-3-13(7-8-13)11-12(2)14-9-5-4-6-10-14/h3H,1-2,4-11H2. The molecular weight excluding hydrogens is 170 g/mol. The van der Waals surface area contributed by atoms with Crippen molar-refractivity contribution in [1.29, 1.82) is 0 Å². The summed E-state index contributed by atoms with van der Waals surface area (Å²) in [6.07, 6.45) is 10.0. The van der Waals surface area contributed by atoms with E-state index in [9.17, 15) is 0 Å². The molecule has 1 nitrogen and oxygen atoms in total. The molecule has 78 valence electrons. The van der Waals surface area contributed by atoms with Crippen LogP contribution in [0.25, 0.3) is 0 Å². The van der Waals surface area contributed by atoms with Crippen LogP contribution in [-0.4, -0.2) is 18.0 Å². The van der Waals surface area contributed by atoms with Gasteiger partial charge in [-0.1, -0.05) is 12.7 Å². The van der Waals surface area contributed by atoms with Gasteiger partial charge < -0.3 is 4.90 Å². The average molecular weight is 191 g/mol. The predicted octanol–water partition coefficient (Wildman–Crippen LogP) is 3.34. The molecule has 0 amide bonds. The maximum Gasteiger partial charge on any atom is 0.0174 e. The molecule has 0 N–H and O–H groups in total. The van der Waals surface area contributed by atoms with Crippen molar-refractivity contribution in [2.45, 2.75) is 38.5 Å². The molecule has 0 aromatic rings. The SMILES string of the molecule is C=CC1(CC(=C)N2CCCCC2)CC1. The zero-order valence-electron chi connectivity index (χ0n) is 9.10. The third-order valence-corrected chi connectivity index (χ3v) is 3.68. The second-order valence-corrected chi connectivity index (χ2v) is 4.86. The van der Waals surface area contributed by atoms with Crippen LogP contribution in [0.2, 0.25) is 0 Å². The molecule has 1 saturated carbocycles. The van der Waals surface area contributed by atoms with E-state index in [-0.39, 0.29) is 0 Å². The van der Waals surface area contributed by atoms with Crippen molar-refractivity contribution in [1.82, 2.24) is 4.90 Å². The molecule has 14 heavy (non-hydrogen) atoms. The molecule has 1 aliphatic heterocycles.